The van der Waals surface area contributed by atoms with E-state index in [9.17, 15) is 4.79 Å². The number of benzene rings is 1. The van der Waals surface area contributed by atoms with Crippen molar-refractivity contribution in [2.24, 2.45) is 5.92 Å². The fourth-order valence-corrected chi connectivity index (χ4v) is 2.24. The lowest BCUT2D eigenvalue weighted by molar-refractivity contribution is 0.0846. The zero-order valence-corrected chi connectivity index (χ0v) is 12.0. The van der Waals surface area contributed by atoms with E-state index in [0.29, 0.717) is 18.0 Å². The van der Waals surface area contributed by atoms with E-state index in [1.807, 2.05) is 18.2 Å². The van der Waals surface area contributed by atoms with E-state index in [1.54, 1.807) is 12.1 Å². The SMILES string of the molecule is CCCCC(CC)CN(Cl)C(=O)c1ccccc1. The fourth-order valence-electron chi connectivity index (χ4n) is 1.95. The van der Waals surface area contributed by atoms with Crippen molar-refractivity contribution in [1.29, 1.82) is 0 Å². The second-order valence-electron chi connectivity index (χ2n) is 4.63. The van der Waals surface area contributed by atoms with Crippen LogP contribution in [0.5, 0.6) is 0 Å². The summed E-state index contributed by atoms with van der Waals surface area (Å²) in [7, 11) is 0. The molecule has 0 aromatic heterocycles. The minimum Gasteiger partial charge on any atom is -0.268 e. The molecule has 0 N–H and O–H groups in total. The molecule has 0 heterocycles. The van der Waals surface area contributed by atoms with E-state index in [0.717, 1.165) is 12.8 Å². The highest BCUT2D eigenvalue weighted by Crippen LogP contribution is 2.17. The zero-order valence-electron chi connectivity index (χ0n) is 11.2. The molecule has 0 saturated carbocycles. The standard InChI is InChI=1S/C15H22ClNO/c1-3-5-9-13(4-2)12-17(16)15(18)14-10-7-6-8-11-14/h6-8,10-11,13H,3-5,9,12H2,1-2H3. The van der Waals surface area contributed by atoms with Gasteiger partial charge in [-0.1, -0.05) is 51.3 Å². The molecule has 1 atom stereocenters. The Labute approximate surface area is 115 Å². The first-order valence-corrected chi connectivity index (χ1v) is 7.05. The van der Waals surface area contributed by atoms with Gasteiger partial charge in [0.15, 0.2) is 0 Å². The van der Waals surface area contributed by atoms with Crippen molar-refractivity contribution in [3.8, 4) is 0 Å². The molecule has 1 rings (SSSR count). The topological polar surface area (TPSA) is 20.3 Å². The Morgan fingerprint density at radius 2 is 1.94 bits per heavy atom. The van der Waals surface area contributed by atoms with Gasteiger partial charge >= 0.3 is 0 Å². The lowest BCUT2D eigenvalue weighted by Gasteiger charge is -2.20. The first-order chi connectivity index (χ1) is 8.69. The normalized spacial score (nSPS) is 12.2. The summed E-state index contributed by atoms with van der Waals surface area (Å²) in [6, 6.07) is 9.19. The third kappa shape index (κ3) is 4.69. The Hall–Kier alpha value is -1.02. The number of nitrogens with zero attached hydrogens (tertiary/aromatic N) is 1. The van der Waals surface area contributed by atoms with E-state index in [1.165, 1.54) is 17.3 Å². The molecule has 0 spiro atoms. The van der Waals surface area contributed by atoms with Crippen LogP contribution in [0.4, 0.5) is 0 Å². The third-order valence-electron chi connectivity index (χ3n) is 3.20. The molecule has 18 heavy (non-hydrogen) atoms. The van der Waals surface area contributed by atoms with Crippen LogP contribution in [0.3, 0.4) is 0 Å². The Morgan fingerprint density at radius 3 is 2.50 bits per heavy atom. The van der Waals surface area contributed by atoms with E-state index in [2.05, 4.69) is 13.8 Å². The van der Waals surface area contributed by atoms with Gasteiger partial charge < -0.3 is 0 Å². The number of hydrogen-bond acceptors (Lipinski definition) is 1. The van der Waals surface area contributed by atoms with Gasteiger partial charge in [-0.2, -0.15) is 0 Å². The summed E-state index contributed by atoms with van der Waals surface area (Å²) in [6.07, 6.45) is 4.58. The highest BCUT2D eigenvalue weighted by molar-refractivity contribution is 6.24. The van der Waals surface area contributed by atoms with Crippen molar-refractivity contribution in [2.75, 3.05) is 6.54 Å². The van der Waals surface area contributed by atoms with Gasteiger partial charge in [-0.15, -0.1) is 0 Å². The van der Waals surface area contributed by atoms with Crippen molar-refractivity contribution in [3.63, 3.8) is 0 Å². The van der Waals surface area contributed by atoms with Gasteiger partial charge in [0.25, 0.3) is 5.91 Å². The van der Waals surface area contributed by atoms with Crippen LogP contribution in [-0.2, 0) is 0 Å². The van der Waals surface area contributed by atoms with Crippen LogP contribution >= 0.6 is 11.8 Å². The van der Waals surface area contributed by atoms with Crippen molar-refractivity contribution in [1.82, 2.24) is 4.42 Å². The molecule has 0 aliphatic heterocycles. The van der Waals surface area contributed by atoms with E-state index < -0.39 is 0 Å². The monoisotopic (exact) mass is 267 g/mol. The van der Waals surface area contributed by atoms with E-state index in [4.69, 9.17) is 11.8 Å². The quantitative estimate of drug-likeness (QED) is 0.666. The van der Waals surface area contributed by atoms with Gasteiger partial charge in [0.2, 0.25) is 0 Å². The summed E-state index contributed by atoms with van der Waals surface area (Å²) in [5, 5.41) is 0. The molecule has 0 saturated heterocycles. The maximum absolute atomic E-state index is 12.1. The first kappa shape index (κ1) is 15.0. The molecule has 0 radical (unpaired) electrons. The largest absolute Gasteiger partial charge is 0.268 e. The fraction of sp³-hybridized carbons (Fsp3) is 0.533. The maximum atomic E-state index is 12.1. The van der Waals surface area contributed by atoms with Gasteiger partial charge in [-0.3, -0.25) is 9.21 Å². The van der Waals surface area contributed by atoms with E-state index in [-0.39, 0.29) is 5.91 Å². The number of unbranched alkanes of at least 4 members (excludes halogenated alkanes) is 1. The molecular weight excluding hydrogens is 246 g/mol. The van der Waals surface area contributed by atoms with Crippen molar-refractivity contribution < 1.29 is 4.79 Å². The van der Waals surface area contributed by atoms with Gasteiger partial charge in [0.05, 0.1) is 0 Å². The molecule has 1 amide bonds. The summed E-state index contributed by atoms with van der Waals surface area (Å²) >= 11 is 6.10. The summed E-state index contributed by atoms with van der Waals surface area (Å²) in [6.45, 7) is 4.96. The number of hydrogen-bond donors (Lipinski definition) is 0. The average Bonchev–Trinajstić information content (AvgIpc) is 2.43. The van der Waals surface area contributed by atoms with Crippen LogP contribution < -0.4 is 0 Å². The average molecular weight is 268 g/mol. The molecule has 3 heteroatoms. The molecule has 0 aliphatic carbocycles. The minimum absolute atomic E-state index is 0.104. The molecule has 1 aromatic rings. The Kier molecular flexibility index (Phi) is 6.81. The Balaban J connectivity index is 2.53. The summed E-state index contributed by atoms with van der Waals surface area (Å²) in [5.74, 6) is 0.391. The minimum atomic E-state index is -0.104. The second kappa shape index (κ2) is 8.15. The van der Waals surface area contributed by atoms with Crippen molar-refractivity contribution >= 4 is 17.7 Å². The Morgan fingerprint density at radius 1 is 1.28 bits per heavy atom. The highest BCUT2D eigenvalue weighted by Gasteiger charge is 2.17. The second-order valence-corrected chi connectivity index (χ2v) is 5.04. The predicted octanol–water partition coefficient (Wildman–Crippen LogP) is 4.50. The number of rotatable bonds is 7. The molecule has 0 fully saturated rings. The smallest absolute Gasteiger partial charge is 0.268 e. The molecule has 100 valence electrons. The highest BCUT2D eigenvalue weighted by atomic mass is 35.5. The first-order valence-electron chi connectivity index (χ1n) is 6.71. The van der Waals surface area contributed by atoms with Gasteiger partial charge in [0.1, 0.15) is 0 Å². The van der Waals surface area contributed by atoms with Gasteiger partial charge in [-0.05, 0) is 24.5 Å². The van der Waals surface area contributed by atoms with E-state index >= 15 is 0 Å². The lowest BCUT2D eigenvalue weighted by Crippen LogP contribution is -2.27. The van der Waals surface area contributed by atoms with Crippen LogP contribution in [0.2, 0.25) is 0 Å². The summed E-state index contributed by atoms with van der Waals surface area (Å²) in [4.78, 5) is 12.1. The molecule has 1 unspecified atom stereocenters. The Bertz CT molecular complexity index is 353. The van der Waals surface area contributed by atoms with Crippen molar-refractivity contribution in [2.45, 2.75) is 39.5 Å². The summed E-state index contributed by atoms with van der Waals surface area (Å²) < 4.78 is 1.33. The van der Waals surface area contributed by atoms with Crippen LogP contribution in [0.1, 0.15) is 49.9 Å². The molecule has 0 bridgehead atoms. The molecule has 0 aliphatic rings. The predicted molar refractivity (Wildman–Crippen MR) is 76.6 cm³/mol. The number of carbonyl (C=O) groups is 1. The summed E-state index contributed by atoms with van der Waals surface area (Å²) in [5.41, 5.74) is 0.651. The van der Waals surface area contributed by atoms with Gasteiger partial charge in [0, 0.05) is 23.9 Å². The maximum Gasteiger partial charge on any atom is 0.268 e. The van der Waals surface area contributed by atoms with Crippen LogP contribution in [-0.4, -0.2) is 16.9 Å². The molecule has 2 nitrogen and oxygen atoms in total. The molecular formula is C15H22ClNO. The zero-order chi connectivity index (χ0) is 13.4. The lowest BCUT2D eigenvalue weighted by atomic mass is 9.99. The number of carbonyl (C=O) groups excluding carboxylic acids is 1. The van der Waals surface area contributed by atoms with Crippen LogP contribution in [0, 0.1) is 5.92 Å². The van der Waals surface area contributed by atoms with Crippen molar-refractivity contribution in [3.05, 3.63) is 35.9 Å². The van der Waals surface area contributed by atoms with Crippen LogP contribution in [0.25, 0.3) is 0 Å². The third-order valence-corrected chi connectivity index (χ3v) is 3.49. The number of halogens is 1. The van der Waals surface area contributed by atoms with Crippen LogP contribution in [0.15, 0.2) is 30.3 Å². The number of amides is 1. The van der Waals surface area contributed by atoms with Gasteiger partial charge in [-0.25, -0.2) is 0 Å². The molecule has 1 aromatic carbocycles.